The zero-order valence-electron chi connectivity index (χ0n) is 14.2. The highest BCUT2D eigenvalue weighted by atomic mass is 16.5. The number of ether oxygens (including phenoxy) is 1. The molecule has 2 aromatic carbocycles. The average Bonchev–Trinajstić information content (AvgIpc) is 2.61. The molecular weight excluding hydrogens is 282 g/mol. The van der Waals surface area contributed by atoms with E-state index in [9.17, 15) is 0 Å². The first-order valence-corrected chi connectivity index (χ1v) is 9.19. The molecule has 2 aromatic rings. The highest BCUT2D eigenvalue weighted by Crippen LogP contribution is 2.16. The molecule has 0 atom stereocenters. The monoisotopic (exact) mass is 311 g/mol. The zero-order chi connectivity index (χ0) is 15.7. The minimum absolute atomic E-state index is 0.733. The molecule has 0 saturated carbocycles. The number of fused-ring (bicyclic) bond motifs is 1. The molecule has 0 unspecified atom stereocenters. The van der Waals surface area contributed by atoms with Crippen LogP contribution in [0.3, 0.4) is 0 Å². The maximum atomic E-state index is 5.85. The number of nitrogens with zero attached hydrogens (tertiary/aromatic N) is 1. The molecule has 0 bridgehead atoms. The molecular formula is C21H29NO. The molecule has 3 rings (SSSR count). The zero-order valence-corrected chi connectivity index (χ0v) is 14.2. The number of benzene rings is 2. The van der Waals surface area contributed by atoms with Gasteiger partial charge in [0.1, 0.15) is 0 Å². The normalized spacial score (nSPS) is 16.0. The van der Waals surface area contributed by atoms with Crippen LogP contribution in [0, 0.1) is 0 Å². The van der Waals surface area contributed by atoms with Gasteiger partial charge in [0.05, 0.1) is 6.61 Å². The summed E-state index contributed by atoms with van der Waals surface area (Å²) in [4.78, 5) is 2.62. The van der Waals surface area contributed by atoms with Crippen molar-refractivity contribution in [3.63, 3.8) is 0 Å². The van der Waals surface area contributed by atoms with Crippen LogP contribution in [0.25, 0.3) is 10.8 Å². The Morgan fingerprint density at radius 2 is 1.65 bits per heavy atom. The van der Waals surface area contributed by atoms with E-state index in [1.165, 1.54) is 74.5 Å². The van der Waals surface area contributed by atoms with Gasteiger partial charge in [-0.25, -0.2) is 0 Å². The van der Waals surface area contributed by atoms with Gasteiger partial charge in [-0.3, -0.25) is 0 Å². The van der Waals surface area contributed by atoms with Gasteiger partial charge in [-0.15, -0.1) is 0 Å². The van der Waals surface area contributed by atoms with E-state index in [1.807, 2.05) is 0 Å². The van der Waals surface area contributed by atoms with Crippen LogP contribution in [-0.2, 0) is 11.3 Å². The van der Waals surface area contributed by atoms with Crippen LogP contribution in [0.5, 0.6) is 0 Å². The van der Waals surface area contributed by atoms with Crippen molar-refractivity contribution in [1.82, 2.24) is 4.90 Å². The van der Waals surface area contributed by atoms with Crippen LogP contribution in [0.1, 0.15) is 44.1 Å². The third-order valence-corrected chi connectivity index (χ3v) is 4.79. The number of rotatable bonds is 8. The second-order valence-electron chi connectivity index (χ2n) is 6.70. The lowest BCUT2D eigenvalue weighted by molar-refractivity contribution is 0.115. The highest BCUT2D eigenvalue weighted by molar-refractivity contribution is 5.82. The van der Waals surface area contributed by atoms with E-state index in [4.69, 9.17) is 4.74 Å². The molecule has 1 aliphatic rings. The Bertz CT molecular complexity index is 589. The second kappa shape index (κ2) is 9.05. The summed E-state index contributed by atoms with van der Waals surface area (Å²) in [6.07, 6.45) is 8.01. The predicted octanol–water partition coefficient (Wildman–Crippen LogP) is 5.01. The van der Waals surface area contributed by atoms with Gasteiger partial charge in [0.15, 0.2) is 0 Å². The number of likely N-dealkylation sites (tertiary alicyclic amines) is 1. The van der Waals surface area contributed by atoms with E-state index in [1.54, 1.807) is 0 Å². The highest BCUT2D eigenvalue weighted by Gasteiger charge is 2.08. The molecule has 0 aliphatic carbocycles. The summed E-state index contributed by atoms with van der Waals surface area (Å²) in [6, 6.07) is 15.1. The van der Waals surface area contributed by atoms with Gasteiger partial charge in [-0.1, -0.05) is 42.8 Å². The molecule has 1 fully saturated rings. The van der Waals surface area contributed by atoms with Crippen LogP contribution >= 0.6 is 0 Å². The molecule has 0 N–H and O–H groups in total. The Morgan fingerprint density at radius 1 is 0.826 bits per heavy atom. The number of piperidine rings is 1. The van der Waals surface area contributed by atoms with E-state index in [2.05, 4.69) is 47.4 Å². The second-order valence-corrected chi connectivity index (χ2v) is 6.70. The Hall–Kier alpha value is -1.38. The van der Waals surface area contributed by atoms with Crippen molar-refractivity contribution >= 4 is 10.8 Å². The minimum atomic E-state index is 0.733. The lowest BCUT2D eigenvalue weighted by Crippen LogP contribution is -2.30. The van der Waals surface area contributed by atoms with Gasteiger partial charge in [-0.05, 0) is 74.1 Å². The Kier molecular flexibility index (Phi) is 6.48. The first kappa shape index (κ1) is 16.5. The molecule has 1 aliphatic heterocycles. The lowest BCUT2D eigenvalue weighted by Gasteiger charge is -2.26. The first-order chi connectivity index (χ1) is 11.4. The summed E-state index contributed by atoms with van der Waals surface area (Å²) in [7, 11) is 0. The molecule has 124 valence electrons. The van der Waals surface area contributed by atoms with E-state index in [0.717, 1.165) is 13.2 Å². The van der Waals surface area contributed by atoms with Crippen molar-refractivity contribution in [2.24, 2.45) is 0 Å². The number of unbranched alkanes of at least 4 members (excludes halogenated alkanes) is 2. The van der Waals surface area contributed by atoms with Crippen molar-refractivity contribution in [3.8, 4) is 0 Å². The van der Waals surface area contributed by atoms with Crippen molar-refractivity contribution in [2.75, 3.05) is 26.2 Å². The molecule has 23 heavy (non-hydrogen) atoms. The van der Waals surface area contributed by atoms with Gasteiger partial charge in [0.25, 0.3) is 0 Å². The Balaban J connectivity index is 1.28. The topological polar surface area (TPSA) is 12.5 Å². The summed E-state index contributed by atoms with van der Waals surface area (Å²) < 4.78 is 5.85. The van der Waals surface area contributed by atoms with Gasteiger partial charge < -0.3 is 9.64 Å². The first-order valence-electron chi connectivity index (χ1n) is 9.19. The number of hydrogen-bond acceptors (Lipinski definition) is 2. The predicted molar refractivity (Wildman–Crippen MR) is 97.7 cm³/mol. The average molecular weight is 311 g/mol. The van der Waals surface area contributed by atoms with E-state index in [0.29, 0.717) is 0 Å². The summed E-state index contributed by atoms with van der Waals surface area (Å²) in [5.74, 6) is 0. The van der Waals surface area contributed by atoms with Crippen LogP contribution in [-0.4, -0.2) is 31.1 Å². The summed E-state index contributed by atoms with van der Waals surface area (Å²) in [6.45, 7) is 5.53. The molecule has 0 amide bonds. The third-order valence-electron chi connectivity index (χ3n) is 4.79. The fraction of sp³-hybridized carbons (Fsp3) is 0.524. The molecule has 1 saturated heterocycles. The Morgan fingerprint density at radius 3 is 2.52 bits per heavy atom. The smallest absolute Gasteiger partial charge is 0.0717 e. The van der Waals surface area contributed by atoms with Crippen LogP contribution in [0.4, 0.5) is 0 Å². The van der Waals surface area contributed by atoms with Crippen molar-refractivity contribution in [3.05, 3.63) is 48.0 Å². The van der Waals surface area contributed by atoms with Crippen LogP contribution in [0.15, 0.2) is 42.5 Å². The van der Waals surface area contributed by atoms with Crippen molar-refractivity contribution in [2.45, 2.75) is 45.1 Å². The SMILES string of the molecule is c1ccc2cc(COCCCCCN3CCCCC3)ccc2c1. The van der Waals surface area contributed by atoms with Crippen molar-refractivity contribution < 1.29 is 4.74 Å². The summed E-state index contributed by atoms with van der Waals surface area (Å²) >= 11 is 0. The maximum absolute atomic E-state index is 5.85. The summed E-state index contributed by atoms with van der Waals surface area (Å²) in [5, 5.41) is 2.60. The molecule has 2 heteroatoms. The fourth-order valence-corrected chi connectivity index (χ4v) is 3.42. The maximum Gasteiger partial charge on any atom is 0.0717 e. The molecule has 0 spiro atoms. The van der Waals surface area contributed by atoms with E-state index in [-0.39, 0.29) is 0 Å². The molecule has 0 aromatic heterocycles. The van der Waals surface area contributed by atoms with Crippen LogP contribution in [0.2, 0.25) is 0 Å². The quantitative estimate of drug-likeness (QED) is 0.635. The van der Waals surface area contributed by atoms with Crippen molar-refractivity contribution in [1.29, 1.82) is 0 Å². The molecule has 2 nitrogen and oxygen atoms in total. The largest absolute Gasteiger partial charge is 0.377 e. The van der Waals surface area contributed by atoms with Gasteiger partial charge in [0, 0.05) is 6.61 Å². The lowest BCUT2D eigenvalue weighted by atomic mass is 10.1. The van der Waals surface area contributed by atoms with Gasteiger partial charge in [-0.2, -0.15) is 0 Å². The standard InChI is InChI=1S/C21H29NO/c1-5-13-22(14-6-1)15-7-2-8-16-23-18-19-11-12-20-9-3-4-10-21(20)17-19/h3-4,9-12,17H,1-2,5-8,13-16,18H2. The van der Waals surface area contributed by atoms with Crippen LogP contribution < -0.4 is 0 Å². The van der Waals surface area contributed by atoms with Gasteiger partial charge >= 0.3 is 0 Å². The van der Waals surface area contributed by atoms with E-state index < -0.39 is 0 Å². The fourth-order valence-electron chi connectivity index (χ4n) is 3.42. The summed E-state index contributed by atoms with van der Waals surface area (Å²) in [5.41, 5.74) is 1.28. The molecule has 0 radical (unpaired) electrons. The number of hydrogen-bond donors (Lipinski definition) is 0. The molecule has 1 heterocycles. The van der Waals surface area contributed by atoms with Gasteiger partial charge in [0.2, 0.25) is 0 Å². The Labute approximate surface area is 140 Å². The minimum Gasteiger partial charge on any atom is -0.377 e. The third kappa shape index (κ3) is 5.33. The van der Waals surface area contributed by atoms with E-state index >= 15 is 0 Å².